The zero-order chi connectivity index (χ0) is 18.1. The average Bonchev–Trinajstić information content (AvgIpc) is 2.98. The van der Waals surface area contributed by atoms with Gasteiger partial charge in [-0.15, -0.1) is 0 Å². The second kappa shape index (κ2) is 6.92. The lowest BCUT2D eigenvalue weighted by Crippen LogP contribution is -2.34. The van der Waals surface area contributed by atoms with Gasteiger partial charge in [-0.1, -0.05) is 24.3 Å². The first-order chi connectivity index (χ1) is 12.6. The fraction of sp³-hybridized carbons (Fsp3) is 0.333. The molecule has 1 fully saturated rings. The van der Waals surface area contributed by atoms with E-state index in [0.29, 0.717) is 11.6 Å². The maximum atomic E-state index is 11.1. The second-order valence-electron chi connectivity index (χ2n) is 7.03. The fourth-order valence-corrected chi connectivity index (χ4v) is 4.02. The highest BCUT2D eigenvalue weighted by Crippen LogP contribution is 2.29. The first-order valence-electron chi connectivity index (χ1n) is 9.10. The maximum absolute atomic E-state index is 11.1. The minimum Gasteiger partial charge on any atom is -0.478 e. The van der Waals surface area contributed by atoms with E-state index in [0.717, 1.165) is 49.4 Å². The number of piperidine rings is 1. The van der Waals surface area contributed by atoms with Gasteiger partial charge in [-0.3, -0.25) is 4.90 Å². The van der Waals surface area contributed by atoms with Crippen LogP contribution < -0.4 is 0 Å². The zero-order valence-corrected chi connectivity index (χ0v) is 14.9. The van der Waals surface area contributed by atoms with E-state index in [-0.39, 0.29) is 0 Å². The molecule has 0 unspecified atom stereocenters. The molecule has 1 aliphatic heterocycles. The fourth-order valence-electron chi connectivity index (χ4n) is 4.02. The van der Waals surface area contributed by atoms with Gasteiger partial charge in [-0.2, -0.15) is 0 Å². The van der Waals surface area contributed by atoms with Crippen LogP contribution in [0.3, 0.4) is 0 Å². The van der Waals surface area contributed by atoms with Crippen LogP contribution in [-0.2, 0) is 6.54 Å². The molecule has 0 bridgehead atoms. The van der Waals surface area contributed by atoms with Crippen molar-refractivity contribution in [3.63, 3.8) is 0 Å². The van der Waals surface area contributed by atoms with Gasteiger partial charge in [0.15, 0.2) is 0 Å². The number of rotatable bonds is 4. The Bertz CT molecular complexity index is 939. The molecule has 0 atom stereocenters. The van der Waals surface area contributed by atoms with Gasteiger partial charge in [-0.05, 0) is 49.6 Å². The predicted octanol–water partition coefficient (Wildman–Crippen LogP) is 3.88. The highest BCUT2D eigenvalue weighted by atomic mass is 16.4. The molecule has 5 heteroatoms. The summed E-state index contributed by atoms with van der Waals surface area (Å²) in [5.41, 5.74) is 3.71. The standard InChI is InChI=1S/C21H23N3O2/c1-15-22-19-7-2-3-8-20(19)24(15)18-9-11-23(12-10-18)14-16-5-4-6-17(13-16)21(25)26/h2-8,13,18H,9-12,14H2,1H3,(H,25,26). The third-order valence-corrected chi connectivity index (χ3v) is 5.27. The van der Waals surface area contributed by atoms with Crippen LogP contribution in [0, 0.1) is 6.92 Å². The van der Waals surface area contributed by atoms with E-state index >= 15 is 0 Å². The number of likely N-dealkylation sites (tertiary alicyclic amines) is 1. The highest BCUT2D eigenvalue weighted by Gasteiger charge is 2.23. The smallest absolute Gasteiger partial charge is 0.335 e. The van der Waals surface area contributed by atoms with Gasteiger partial charge in [0.1, 0.15) is 5.82 Å². The number of fused-ring (bicyclic) bond motifs is 1. The van der Waals surface area contributed by atoms with Crippen molar-refractivity contribution < 1.29 is 9.90 Å². The molecule has 134 valence electrons. The second-order valence-corrected chi connectivity index (χ2v) is 7.03. The largest absolute Gasteiger partial charge is 0.478 e. The molecule has 0 aliphatic carbocycles. The molecule has 1 N–H and O–H groups in total. The van der Waals surface area contributed by atoms with E-state index in [9.17, 15) is 4.79 Å². The summed E-state index contributed by atoms with van der Waals surface area (Å²) < 4.78 is 2.39. The Hall–Kier alpha value is -2.66. The molecule has 0 radical (unpaired) electrons. The van der Waals surface area contributed by atoms with Crippen LogP contribution in [0.15, 0.2) is 48.5 Å². The van der Waals surface area contributed by atoms with Gasteiger partial charge in [0.25, 0.3) is 0 Å². The molecule has 2 aromatic carbocycles. The number of hydrogen-bond acceptors (Lipinski definition) is 3. The van der Waals surface area contributed by atoms with Gasteiger partial charge < -0.3 is 9.67 Å². The number of carboxylic acids is 1. The number of carbonyl (C=O) groups is 1. The van der Waals surface area contributed by atoms with E-state index in [1.165, 1.54) is 5.52 Å². The SMILES string of the molecule is Cc1nc2ccccc2n1C1CCN(Cc2cccc(C(=O)O)c2)CC1. The number of para-hydroxylation sites is 2. The van der Waals surface area contributed by atoms with Gasteiger partial charge in [0.2, 0.25) is 0 Å². The molecule has 1 aromatic heterocycles. The molecule has 2 heterocycles. The topological polar surface area (TPSA) is 58.4 Å². The minimum atomic E-state index is -0.868. The molecule has 3 aromatic rings. The van der Waals surface area contributed by atoms with E-state index < -0.39 is 5.97 Å². The minimum absolute atomic E-state index is 0.359. The van der Waals surface area contributed by atoms with Crippen LogP contribution in [0.4, 0.5) is 0 Å². The summed E-state index contributed by atoms with van der Waals surface area (Å²) in [4.78, 5) is 18.2. The number of benzene rings is 2. The molecule has 0 amide bonds. The summed E-state index contributed by atoms with van der Waals surface area (Å²) in [5.74, 6) is 0.215. The van der Waals surface area contributed by atoms with Crippen molar-refractivity contribution >= 4 is 17.0 Å². The molecule has 0 saturated carbocycles. The van der Waals surface area contributed by atoms with Gasteiger partial charge >= 0.3 is 5.97 Å². The summed E-state index contributed by atoms with van der Waals surface area (Å²) in [6.45, 7) is 4.91. The molecular formula is C21H23N3O2. The molecule has 0 spiro atoms. The molecule has 4 rings (SSSR count). The Morgan fingerprint density at radius 1 is 1.15 bits per heavy atom. The number of aryl methyl sites for hydroxylation is 1. The Morgan fingerprint density at radius 3 is 2.69 bits per heavy atom. The Morgan fingerprint density at radius 2 is 1.92 bits per heavy atom. The number of nitrogens with zero attached hydrogens (tertiary/aromatic N) is 3. The number of carboxylic acid groups (broad SMARTS) is 1. The van der Waals surface area contributed by atoms with Crippen molar-refractivity contribution in [2.45, 2.75) is 32.4 Å². The lowest BCUT2D eigenvalue weighted by molar-refractivity contribution is 0.0696. The summed E-state index contributed by atoms with van der Waals surface area (Å²) in [7, 11) is 0. The van der Waals surface area contributed by atoms with Gasteiger partial charge in [0, 0.05) is 25.7 Å². The Kier molecular flexibility index (Phi) is 4.47. The average molecular weight is 349 g/mol. The van der Waals surface area contributed by atoms with Crippen LogP contribution in [0.2, 0.25) is 0 Å². The van der Waals surface area contributed by atoms with Crippen LogP contribution in [0.5, 0.6) is 0 Å². The van der Waals surface area contributed by atoms with E-state index in [1.54, 1.807) is 12.1 Å². The van der Waals surface area contributed by atoms with Gasteiger partial charge in [-0.25, -0.2) is 9.78 Å². The van der Waals surface area contributed by atoms with Crippen molar-refractivity contribution in [1.29, 1.82) is 0 Å². The first-order valence-corrected chi connectivity index (χ1v) is 9.10. The van der Waals surface area contributed by atoms with Gasteiger partial charge in [0.05, 0.1) is 16.6 Å². The summed E-state index contributed by atoms with van der Waals surface area (Å²) in [6, 6.07) is 16.1. The van der Waals surface area contributed by atoms with Crippen molar-refractivity contribution in [2.24, 2.45) is 0 Å². The number of hydrogen-bond donors (Lipinski definition) is 1. The zero-order valence-electron chi connectivity index (χ0n) is 14.9. The van der Waals surface area contributed by atoms with Crippen molar-refractivity contribution in [1.82, 2.24) is 14.5 Å². The van der Waals surface area contributed by atoms with Crippen LogP contribution in [-0.4, -0.2) is 38.6 Å². The Balaban J connectivity index is 1.45. The molecule has 26 heavy (non-hydrogen) atoms. The predicted molar refractivity (Wildman–Crippen MR) is 101 cm³/mol. The number of aromatic nitrogens is 2. The first kappa shape index (κ1) is 16.8. The lowest BCUT2D eigenvalue weighted by atomic mass is 10.0. The van der Waals surface area contributed by atoms with Crippen LogP contribution in [0.25, 0.3) is 11.0 Å². The van der Waals surface area contributed by atoms with Crippen LogP contribution in [0.1, 0.15) is 40.6 Å². The van der Waals surface area contributed by atoms with E-state index in [2.05, 4.69) is 34.6 Å². The molecule has 1 aliphatic rings. The molecule has 1 saturated heterocycles. The summed E-state index contributed by atoms with van der Waals surface area (Å²) in [6.07, 6.45) is 2.17. The number of aromatic carboxylic acids is 1. The third kappa shape index (κ3) is 3.22. The monoisotopic (exact) mass is 349 g/mol. The molecule has 5 nitrogen and oxygen atoms in total. The van der Waals surface area contributed by atoms with E-state index in [1.807, 2.05) is 18.2 Å². The highest BCUT2D eigenvalue weighted by molar-refractivity contribution is 5.87. The van der Waals surface area contributed by atoms with Crippen molar-refractivity contribution in [2.75, 3.05) is 13.1 Å². The lowest BCUT2D eigenvalue weighted by Gasteiger charge is -2.33. The normalized spacial score (nSPS) is 16.2. The molecular weight excluding hydrogens is 326 g/mol. The van der Waals surface area contributed by atoms with Crippen LogP contribution >= 0.6 is 0 Å². The summed E-state index contributed by atoms with van der Waals surface area (Å²) >= 11 is 0. The number of imidazole rings is 1. The van der Waals surface area contributed by atoms with Crippen molar-refractivity contribution in [3.05, 3.63) is 65.5 Å². The maximum Gasteiger partial charge on any atom is 0.335 e. The van der Waals surface area contributed by atoms with Crippen molar-refractivity contribution in [3.8, 4) is 0 Å². The quantitative estimate of drug-likeness (QED) is 0.776. The third-order valence-electron chi connectivity index (χ3n) is 5.27. The summed E-state index contributed by atoms with van der Waals surface area (Å²) in [5, 5.41) is 9.15. The van der Waals surface area contributed by atoms with E-state index in [4.69, 9.17) is 10.1 Å². The Labute approximate surface area is 152 Å².